The molecule has 11 rings (SSSR count). The van der Waals surface area contributed by atoms with E-state index in [1.165, 1.54) is 4.90 Å². The second-order valence-electron chi connectivity index (χ2n) is 23.5. The Kier molecular flexibility index (Phi) is 14.0. The first-order valence-corrected chi connectivity index (χ1v) is 28.0. The number of fused-ring (bicyclic) bond motifs is 2. The van der Waals surface area contributed by atoms with Gasteiger partial charge in [-0.2, -0.15) is 10.2 Å². The molecule has 1 saturated carbocycles. The molecule has 2 aromatic carbocycles. The molecule has 2 aliphatic carbocycles. The molecule has 21 heteroatoms. The summed E-state index contributed by atoms with van der Waals surface area (Å²) < 4.78 is 31.0. The van der Waals surface area contributed by atoms with Crippen molar-refractivity contribution in [3.8, 4) is 10.4 Å². The predicted molar refractivity (Wildman–Crippen MR) is 292 cm³/mol. The number of carbonyl (C=O) groups excluding carboxylic acids is 5. The number of β-amino-alcohol motifs (C(OH)–C–C–N with tert-alkyl or cyclic N) is 1. The minimum absolute atomic E-state index is 0.0432. The van der Waals surface area contributed by atoms with Crippen molar-refractivity contribution in [2.24, 2.45) is 28.6 Å². The van der Waals surface area contributed by atoms with Crippen molar-refractivity contribution in [2.45, 2.75) is 110 Å². The highest BCUT2D eigenvalue weighted by atomic mass is 32.1. The first kappa shape index (κ1) is 53.6. The Bertz CT molecular complexity index is 3270. The molecule has 0 bridgehead atoms. The lowest BCUT2D eigenvalue weighted by Gasteiger charge is -2.45. The molecule has 5 aliphatic rings. The number of anilines is 2. The van der Waals surface area contributed by atoms with Crippen LogP contribution in [0.1, 0.15) is 115 Å². The molecular formula is C58H66F2N12O6S. The summed E-state index contributed by atoms with van der Waals surface area (Å²) in [7, 11) is 0. The number of aliphatic hydroxyl groups is 1. The number of nitrogens with zero attached hydrogens (tertiary/aromatic N) is 8. The van der Waals surface area contributed by atoms with Crippen molar-refractivity contribution in [1.82, 2.24) is 50.4 Å². The van der Waals surface area contributed by atoms with Crippen molar-refractivity contribution in [1.29, 1.82) is 0 Å². The number of hydrogen-bond acceptors (Lipinski definition) is 12. The summed E-state index contributed by atoms with van der Waals surface area (Å²) in [6.07, 6.45) is 5.60. The minimum Gasteiger partial charge on any atom is -0.391 e. The Labute approximate surface area is 460 Å². The molecule has 0 spiro atoms. The zero-order chi connectivity index (χ0) is 55.7. The lowest BCUT2D eigenvalue weighted by Crippen LogP contribution is -2.58. The molecule has 5 amide bonds. The number of pyridine rings is 1. The molecule has 79 heavy (non-hydrogen) atoms. The van der Waals surface area contributed by atoms with E-state index in [4.69, 9.17) is 0 Å². The number of carbonyl (C=O) groups is 5. The SMILES string of the molecule is Cc1ncsc1-c1ccc([C@H](C)NC(=O)[C@@H]2C[C@@H](O)CN2C(=O)C(NC(=O)c2ccc(N3CCC(C(=O)N4CC([C@@H](c5ccccc5)n5cc(NC(=O)c6n[nH]c7c6C[C@@H]6C(F)(F)[C@]6(C)C7)cn5)C4)CC3)cn2)C(C)(C)C)cc1. The Morgan fingerprint density at radius 1 is 0.899 bits per heavy atom. The van der Waals surface area contributed by atoms with E-state index in [-0.39, 0.29) is 67.0 Å². The maximum absolute atomic E-state index is 14.6. The number of aliphatic hydroxyl groups excluding tert-OH is 1. The van der Waals surface area contributed by atoms with E-state index >= 15 is 0 Å². The number of hydrogen-bond donors (Lipinski definition) is 5. The topological polar surface area (TPSA) is 224 Å². The lowest BCUT2D eigenvalue weighted by molar-refractivity contribution is -0.143. The monoisotopic (exact) mass is 1100 g/mol. The fourth-order valence-corrected chi connectivity index (χ4v) is 13.1. The van der Waals surface area contributed by atoms with Gasteiger partial charge in [-0.25, -0.2) is 18.7 Å². The number of halogens is 2. The standard InChI is InChI=1S/C58H66F2N12O6S/c1-32(34-12-14-36(15-13-34)49-33(2)62-31-79-49)64-52(75)45-22-41(73)30-71(45)55(78)50(56(3,4)5)66-51(74)43-17-16-40(26-61-43)69-20-18-37(19-21-69)54(77)70-27-38(28-70)48(35-10-8-7-9-11-35)72-29-39(25-63-72)65-53(76)47-42-23-46-57(6,58(46,59)60)24-44(42)67-68-47/h7-17,25-26,29,31-32,37-38,41,45-46,48,50,73H,18-24,27-28,30H2,1-6H3,(H,64,75)(H,65,76)(H,66,74)(H,67,68)/t32-,41+,45-,46-,48+,50?,57+/m0/s1. The molecule has 4 aromatic heterocycles. The average molecular weight is 1100 g/mol. The fourth-order valence-electron chi connectivity index (χ4n) is 12.3. The number of likely N-dealkylation sites (tertiary alicyclic amines) is 2. The number of amides is 5. The molecule has 3 saturated heterocycles. The second kappa shape index (κ2) is 20.7. The summed E-state index contributed by atoms with van der Waals surface area (Å²) in [5.41, 5.74) is 6.41. The molecular weight excluding hydrogens is 1030 g/mol. The third-order valence-electron chi connectivity index (χ3n) is 17.2. The third-order valence-corrected chi connectivity index (χ3v) is 18.2. The van der Waals surface area contributed by atoms with Crippen molar-refractivity contribution >= 4 is 52.2 Å². The van der Waals surface area contributed by atoms with Crippen LogP contribution in [0.5, 0.6) is 0 Å². The zero-order valence-electron chi connectivity index (χ0n) is 45.1. The van der Waals surface area contributed by atoms with Crippen LogP contribution >= 0.6 is 11.3 Å². The van der Waals surface area contributed by atoms with Crippen LogP contribution in [0.15, 0.2) is 90.8 Å². The molecule has 7 atom stereocenters. The maximum Gasteiger partial charge on any atom is 0.276 e. The van der Waals surface area contributed by atoms with Gasteiger partial charge >= 0.3 is 0 Å². The van der Waals surface area contributed by atoms with E-state index in [2.05, 4.69) is 46.1 Å². The average Bonchev–Trinajstić information content (AvgIpc) is 2.37. The van der Waals surface area contributed by atoms with Gasteiger partial charge in [-0.15, -0.1) is 11.3 Å². The molecule has 4 fully saturated rings. The highest BCUT2D eigenvalue weighted by Gasteiger charge is 2.78. The van der Waals surface area contributed by atoms with E-state index in [9.17, 15) is 37.9 Å². The van der Waals surface area contributed by atoms with Crippen molar-refractivity contribution in [3.63, 3.8) is 0 Å². The number of thiazole rings is 1. The number of aromatic amines is 1. The van der Waals surface area contributed by atoms with Gasteiger partial charge in [-0.3, -0.25) is 33.8 Å². The minimum atomic E-state index is -2.77. The van der Waals surface area contributed by atoms with E-state index in [1.807, 2.05) is 110 Å². The fraction of sp³-hybridized carbons (Fsp3) is 0.466. The second-order valence-corrected chi connectivity index (χ2v) is 24.3. The lowest BCUT2D eigenvalue weighted by atomic mass is 9.85. The first-order valence-electron chi connectivity index (χ1n) is 27.1. The quantitative estimate of drug-likeness (QED) is 0.0747. The van der Waals surface area contributed by atoms with Gasteiger partial charge in [0.15, 0.2) is 5.69 Å². The van der Waals surface area contributed by atoms with Gasteiger partial charge in [-0.1, -0.05) is 82.3 Å². The summed E-state index contributed by atoms with van der Waals surface area (Å²) >= 11 is 1.57. The van der Waals surface area contributed by atoms with Crippen molar-refractivity contribution in [3.05, 3.63) is 130 Å². The van der Waals surface area contributed by atoms with Gasteiger partial charge in [0.05, 0.1) is 58.0 Å². The Hall–Kier alpha value is -7.39. The molecule has 7 heterocycles. The van der Waals surface area contributed by atoms with Crippen LogP contribution in [-0.4, -0.2) is 131 Å². The predicted octanol–water partition coefficient (Wildman–Crippen LogP) is 7.00. The Morgan fingerprint density at radius 2 is 1.63 bits per heavy atom. The van der Waals surface area contributed by atoms with Crippen LogP contribution in [-0.2, 0) is 27.2 Å². The first-order chi connectivity index (χ1) is 37.7. The molecule has 5 N–H and O–H groups in total. The van der Waals surface area contributed by atoms with Crippen molar-refractivity contribution in [2.75, 3.05) is 42.9 Å². The Balaban J connectivity index is 0.667. The molecule has 18 nitrogen and oxygen atoms in total. The van der Waals surface area contributed by atoms with E-state index in [1.54, 1.807) is 42.9 Å². The molecule has 1 unspecified atom stereocenters. The van der Waals surface area contributed by atoms with Gasteiger partial charge in [0.2, 0.25) is 17.7 Å². The largest absolute Gasteiger partial charge is 0.391 e. The third kappa shape index (κ3) is 10.2. The molecule has 6 aromatic rings. The number of rotatable bonds is 14. The van der Waals surface area contributed by atoms with Gasteiger partial charge in [0.1, 0.15) is 17.8 Å². The highest BCUT2D eigenvalue weighted by Crippen LogP contribution is 2.70. The van der Waals surface area contributed by atoms with Gasteiger partial charge in [0, 0.05) is 86.2 Å². The summed E-state index contributed by atoms with van der Waals surface area (Å²) in [5, 5.41) is 31.3. The normalized spacial score (nSPS) is 22.9. The number of aryl methyl sites for hydroxylation is 1. The summed E-state index contributed by atoms with van der Waals surface area (Å²) in [6, 6.07) is 18.7. The van der Waals surface area contributed by atoms with Gasteiger partial charge in [-0.05, 0) is 67.3 Å². The number of aromatic nitrogens is 6. The van der Waals surface area contributed by atoms with Crippen LogP contribution < -0.4 is 20.9 Å². The Morgan fingerprint density at radius 3 is 2.30 bits per heavy atom. The van der Waals surface area contributed by atoms with Crippen LogP contribution in [0, 0.1) is 35.5 Å². The zero-order valence-corrected chi connectivity index (χ0v) is 45.9. The maximum atomic E-state index is 14.6. The van der Waals surface area contributed by atoms with E-state index in [0.717, 1.165) is 32.9 Å². The van der Waals surface area contributed by atoms with Crippen LogP contribution in [0.25, 0.3) is 10.4 Å². The summed E-state index contributed by atoms with van der Waals surface area (Å²) in [4.78, 5) is 84.8. The number of H-pyrrole nitrogens is 1. The van der Waals surface area contributed by atoms with Crippen LogP contribution in [0.3, 0.4) is 0 Å². The van der Waals surface area contributed by atoms with Crippen LogP contribution in [0.2, 0.25) is 0 Å². The van der Waals surface area contributed by atoms with Crippen molar-refractivity contribution < 1.29 is 37.9 Å². The number of piperidine rings is 1. The molecule has 0 radical (unpaired) electrons. The molecule has 3 aliphatic heterocycles. The van der Waals surface area contributed by atoms with Gasteiger partial charge in [0.25, 0.3) is 17.7 Å². The summed E-state index contributed by atoms with van der Waals surface area (Å²) in [6.45, 7) is 13.1. The van der Waals surface area contributed by atoms with Gasteiger partial charge < -0.3 is 35.8 Å². The van der Waals surface area contributed by atoms with E-state index < -0.39 is 64.5 Å². The number of benzene rings is 2. The van der Waals surface area contributed by atoms with E-state index in [0.29, 0.717) is 56.0 Å². The summed E-state index contributed by atoms with van der Waals surface area (Å²) in [5.74, 6) is -5.51. The smallest absolute Gasteiger partial charge is 0.276 e. The highest BCUT2D eigenvalue weighted by molar-refractivity contribution is 7.13. The van der Waals surface area contributed by atoms with Crippen LogP contribution in [0.4, 0.5) is 20.2 Å². The number of alkyl halides is 2. The molecule has 414 valence electrons. The number of nitrogens with one attached hydrogen (secondary N) is 4.